The van der Waals surface area contributed by atoms with E-state index < -0.39 is 7.12 Å². The van der Waals surface area contributed by atoms with E-state index in [9.17, 15) is 9.82 Å². The van der Waals surface area contributed by atoms with Crippen molar-refractivity contribution in [2.45, 2.75) is 31.9 Å². The van der Waals surface area contributed by atoms with Crippen LogP contribution in [0.25, 0.3) is 11.2 Å². The molecule has 2 aliphatic rings. The average molecular weight is 378 g/mol. The summed E-state index contributed by atoms with van der Waals surface area (Å²) >= 11 is 0. The monoisotopic (exact) mass is 378 g/mol. The minimum atomic E-state index is -0.836. The van der Waals surface area contributed by atoms with Gasteiger partial charge in [0.2, 0.25) is 0 Å². The Morgan fingerprint density at radius 2 is 2.32 bits per heavy atom. The molecular weight excluding hydrogens is 359 g/mol. The van der Waals surface area contributed by atoms with Gasteiger partial charge in [-0.15, -0.1) is 0 Å². The van der Waals surface area contributed by atoms with Gasteiger partial charge in [-0.1, -0.05) is 12.1 Å². The van der Waals surface area contributed by atoms with Crippen LogP contribution in [-0.2, 0) is 11.3 Å². The lowest BCUT2D eigenvalue weighted by molar-refractivity contribution is 0.275. The van der Waals surface area contributed by atoms with Crippen molar-refractivity contribution in [3.8, 4) is 0 Å². The number of imidazole rings is 1. The van der Waals surface area contributed by atoms with Gasteiger partial charge in [-0.05, 0) is 41.9 Å². The van der Waals surface area contributed by atoms with Crippen LogP contribution in [0.2, 0.25) is 0 Å². The number of rotatable bonds is 5. The SMILES string of the molecule is O=c1[nH]c2c(NCN=Cc3ccc4c(c3)COB4O)ncnc2n1C1CCC1. The van der Waals surface area contributed by atoms with Crippen molar-refractivity contribution in [2.24, 2.45) is 4.99 Å². The molecule has 0 radical (unpaired) electrons. The van der Waals surface area contributed by atoms with Gasteiger partial charge in [0.05, 0.1) is 6.61 Å². The Labute approximate surface area is 160 Å². The van der Waals surface area contributed by atoms with E-state index in [1.54, 1.807) is 10.8 Å². The number of hydrogen-bond acceptors (Lipinski definition) is 7. The Bertz CT molecular complexity index is 1120. The van der Waals surface area contributed by atoms with Gasteiger partial charge < -0.3 is 20.0 Å². The summed E-state index contributed by atoms with van der Waals surface area (Å²) in [6.07, 6.45) is 6.36. The number of nitrogens with zero attached hydrogens (tertiary/aromatic N) is 4. The summed E-state index contributed by atoms with van der Waals surface area (Å²) in [5.41, 5.74) is 3.80. The topological polar surface area (TPSA) is 117 Å². The highest BCUT2D eigenvalue weighted by molar-refractivity contribution is 6.61. The van der Waals surface area contributed by atoms with Crippen LogP contribution in [0.3, 0.4) is 0 Å². The predicted octanol–water partition coefficient (Wildman–Crippen LogP) is 0.551. The van der Waals surface area contributed by atoms with Crippen LogP contribution >= 0.6 is 0 Å². The van der Waals surface area contributed by atoms with E-state index >= 15 is 0 Å². The van der Waals surface area contributed by atoms with E-state index in [0.29, 0.717) is 30.3 Å². The second-order valence-corrected chi connectivity index (χ2v) is 7.07. The highest BCUT2D eigenvalue weighted by atomic mass is 16.5. The number of H-pyrrole nitrogens is 1. The lowest BCUT2D eigenvalue weighted by atomic mass is 9.79. The lowest BCUT2D eigenvalue weighted by Crippen LogP contribution is -2.27. The second-order valence-electron chi connectivity index (χ2n) is 7.07. The third kappa shape index (κ3) is 2.90. The number of anilines is 1. The fourth-order valence-corrected chi connectivity index (χ4v) is 3.66. The highest BCUT2D eigenvalue weighted by Crippen LogP contribution is 2.32. The molecule has 5 rings (SSSR count). The molecule has 0 spiro atoms. The van der Waals surface area contributed by atoms with E-state index in [2.05, 4.69) is 25.3 Å². The number of aliphatic imine (C=N–C) groups is 1. The fraction of sp³-hybridized carbons (Fsp3) is 0.333. The largest absolute Gasteiger partial charge is 0.491 e. The maximum atomic E-state index is 12.3. The van der Waals surface area contributed by atoms with Crippen molar-refractivity contribution < 1.29 is 9.68 Å². The lowest BCUT2D eigenvalue weighted by Gasteiger charge is -2.26. The summed E-state index contributed by atoms with van der Waals surface area (Å²) in [5, 5.41) is 12.8. The van der Waals surface area contributed by atoms with E-state index in [4.69, 9.17) is 4.65 Å². The van der Waals surface area contributed by atoms with Crippen molar-refractivity contribution in [3.05, 3.63) is 46.1 Å². The third-order valence-corrected chi connectivity index (χ3v) is 5.35. The molecule has 142 valence electrons. The first-order valence-corrected chi connectivity index (χ1v) is 9.32. The predicted molar refractivity (Wildman–Crippen MR) is 106 cm³/mol. The molecule has 9 nitrogen and oxygen atoms in total. The average Bonchev–Trinajstić information content (AvgIpc) is 3.18. The summed E-state index contributed by atoms with van der Waals surface area (Å²) in [6, 6.07) is 5.92. The molecule has 3 N–H and O–H groups in total. The number of nitrogens with one attached hydrogen (secondary N) is 2. The van der Waals surface area contributed by atoms with Gasteiger partial charge in [-0.2, -0.15) is 0 Å². The van der Waals surface area contributed by atoms with Crippen LogP contribution < -0.4 is 16.5 Å². The van der Waals surface area contributed by atoms with Crippen molar-refractivity contribution in [1.82, 2.24) is 19.5 Å². The summed E-state index contributed by atoms with van der Waals surface area (Å²) < 4.78 is 6.93. The first-order chi connectivity index (χ1) is 13.7. The van der Waals surface area contributed by atoms with Gasteiger partial charge >= 0.3 is 12.8 Å². The minimum Gasteiger partial charge on any atom is -0.423 e. The van der Waals surface area contributed by atoms with Crippen molar-refractivity contribution in [1.29, 1.82) is 0 Å². The summed E-state index contributed by atoms with van der Waals surface area (Å²) in [4.78, 5) is 28.1. The molecule has 0 unspecified atom stereocenters. The van der Waals surface area contributed by atoms with Crippen LogP contribution in [0.15, 0.2) is 34.3 Å². The van der Waals surface area contributed by atoms with Gasteiger partial charge in [-0.3, -0.25) is 9.56 Å². The summed E-state index contributed by atoms with van der Waals surface area (Å²) in [5.74, 6) is 0.558. The van der Waals surface area contributed by atoms with Crippen molar-refractivity contribution >= 4 is 35.8 Å². The smallest absolute Gasteiger partial charge is 0.423 e. The van der Waals surface area contributed by atoms with Gasteiger partial charge in [0.25, 0.3) is 0 Å². The maximum Gasteiger partial charge on any atom is 0.491 e. The van der Waals surface area contributed by atoms with Gasteiger partial charge in [0, 0.05) is 12.3 Å². The van der Waals surface area contributed by atoms with Gasteiger partial charge in [-0.25, -0.2) is 14.8 Å². The quantitative estimate of drug-likeness (QED) is 0.441. The summed E-state index contributed by atoms with van der Waals surface area (Å²) in [7, 11) is -0.836. The van der Waals surface area contributed by atoms with E-state index in [1.807, 2.05) is 18.2 Å². The Kier molecular flexibility index (Phi) is 4.21. The molecule has 0 amide bonds. The minimum absolute atomic E-state index is 0.144. The fourth-order valence-electron chi connectivity index (χ4n) is 3.66. The molecule has 28 heavy (non-hydrogen) atoms. The van der Waals surface area contributed by atoms with E-state index in [-0.39, 0.29) is 11.7 Å². The molecular formula is C18H19BN6O3. The van der Waals surface area contributed by atoms with Crippen LogP contribution in [0.5, 0.6) is 0 Å². The van der Waals surface area contributed by atoms with Crippen molar-refractivity contribution in [2.75, 3.05) is 12.0 Å². The zero-order chi connectivity index (χ0) is 19.1. The standard InChI is InChI=1S/C18H19BN6O3/c26-18-24-15-16(22-10-23-17(15)25(18)13-2-1-3-13)21-9-20-7-11-4-5-14-12(6-11)8-28-19(14)27/h4-7,10,13,27H,1-3,8-9H2,(H,24,26)(H,21,22,23). The molecule has 1 saturated carbocycles. The Morgan fingerprint density at radius 1 is 1.43 bits per heavy atom. The van der Waals surface area contributed by atoms with E-state index in [0.717, 1.165) is 35.9 Å². The highest BCUT2D eigenvalue weighted by Gasteiger charge is 2.27. The number of aromatic amines is 1. The molecule has 2 aromatic heterocycles. The normalized spacial score (nSPS) is 16.7. The number of aromatic nitrogens is 4. The second kappa shape index (κ2) is 6.88. The number of hydrogen-bond donors (Lipinski definition) is 3. The zero-order valence-corrected chi connectivity index (χ0v) is 15.1. The molecule has 0 saturated heterocycles. The molecule has 1 aliphatic carbocycles. The number of fused-ring (bicyclic) bond motifs is 2. The Hall–Kier alpha value is -2.98. The first-order valence-electron chi connectivity index (χ1n) is 9.32. The van der Waals surface area contributed by atoms with Crippen LogP contribution in [-0.4, -0.2) is 44.5 Å². The van der Waals surface area contributed by atoms with Crippen LogP contribution in [0.4, 0.5) is 5.82 Å². The molecule has 0 atom stereocenters. The first kappa shape index (κ1) is 17.1. The Balaban J connectivity index is 1.31. The van der Waals surface area contributed by atoms with Crippen molar-refractivity contribution in [3.63, 3.8) is 0 Å². The molecule has 3 heterocycles. The van der Waals surface area contributed by atoms with Gasteiger partial charge in [0.1, 0.15) is 18.5 Å². The van der Waals surface area contributed by atoms with E-state index in [1.165, 1.54) is 6.33 Å². The Morgan fingerprint density at radius 3 is 3.14 bits per heavy atom. The molecule has 1 aromatic carbocycles. The molecule has 10 heteroatoms. The molecule has 1 aliphatic heterocycles. The third-order valence-electron chi connectivity index (χ3n) is 5.35. The molecule has 3 aromatic rings. The van der Waals surface area contributed by atoms with Crippen LogP contribution in [0, 0.1) is 0 Å². The zero-order valence-electron chi connectivity index (χ0n) is 15.1. The molecule has 1 fully saturated rings. The maximum absolute atomic E-state index is 12.3. The van der Waals surface area contributed by atoms with Gasteiger partial charge in [0.15, 0.2) is 11.5 Å². The van der Waals surface area contributed by atoms with Crippen LogP contribution in [0.1, 0.15) is 36.4 Å². The summed E-state index contributed by atoms with van der Waals surface area (Å²) in [6.45, 7) is 0.708. The number of benzene rings is 1. The molecule has 0 bridgehead atoms.